The van der Waals surface area contributed by atoms with Crippen LogP contribution in [0.1, 0.15) is 38.6 Å². The Morgan fingerprint density at radius 1 is 1.54 bits per heavy atom. The quantitative estimate of drug-likeness (QED) is 0.756. The third-order valence-electron chi connectivity index (χ3n) is 3.17. The highest BCUT2D eigenvalue weighted by Gasteiger charge is 2.23. The molecule has 0 aromatic carbocycles. The molecule has 1 aliphatic rings. The molecule has 0 saturated heterocycles. The first-order chi connectivity index (χ1) is 6.29. The van der Waals surface area contributed by atoms with Crippen LogP contribution in [0.2, 0.25) is 0 Å². The van der Waals surface area contributed by atoms with E-state index in [9.17, 15) is 0 Å². The second-order valence-electron chi connectivity index (χ2n) is 3.99. The number of nitrogen functional groups attached to an aromatic ring is 1. The maximum absolute atomic E-state index is 5.81. The molecule has 3 heteroatoms. The van der Waals surface area contributed by atoms with Crippen molar-refractivity contribution in [1.82, 2.24) is 9.78 Å². The molecule has 0 radical (unpaired) electrons. The van der Waals surface area contributed by atoms with Crippen LogP contribution in [0.15, 0.2) is 12.3 Å². The van der Waals surface area contributed by atoms with E-state index in [0.717, 1.165) is 11.7 Å². The lowest BCUT2D eigenvalue weighted by Crippen LogP contribution is -2.17. The highest BCUT2D eigenvalue weighted by molar-refractivity contribution is 5.26. The summed E-state index contributed by atoms with van der Waals surface area (Å²) in [5.74, 6) is 1.57. The van der Waals surface area contributed by atoms with E-state index in [2.05, 4.69) is 12.0 Å². The summed E-state index contributed by atoms with van der Waals surface area (Å²) in [7, 11) is 0. The first-order valence-corrected chi connectivity index (χ1v) is 5.08. The van der Waals surface area contributed by atoms with Crippen LogP contribution in [0.25, 0.3) is 0 Å². The second kappa shape index (κ2) is 3.40. The van der Waals surface area contributed by atoms with E-state index in [1.807, 2.05) is 10.7 Å². The van der Waals surface area contributed by atoms with Crippen LogP contribution in [0.5, 0.6) is 0 Å². The van der Waals surface area contributed by atoms with Crippen LogP contribution >= 0.6 is 0 Å². The molecule has 2 rings (SSSR count). The predicted octanol–water partition coefficient (Wildman–Crippen LogP) is 2.22. The first kappa shape index (κ1) is 8.60. The highest BCUT2D eigenvalue weighted by Crippen LogP contribution is 2.34. The Morgan fingerprint density at radius 2 is 2.23 bits per heavy atom. The molecule has 2 N–H and O–H groups in total. The Bertz CT molecular complexity index is 273. The lowest BCUT2D eigenvalue weighted by Gasteiger charge is -2.20. The van der Waals surface area contributed by atoms with E-state index in [1.165, 1.54) is 25.7 Å². The van der Waals surface area contributed by atoms with E-state index in [4.69, 9.17) is 5.73 Å². The zero-order chi connectivity index (χ0) is 9.26. The fourth-order valence-corrected chi connectivity index (χ4v) is 2.30. The smallest absolute Gasteiger partial charge is 0.121 e. The summed E-state index contributed by atoms with van der Waals surface area (Å²) in [4.78, 5) is 0. The molecule has 1 aromatic heterocycles. The molecule has 3 nitrogen and oxygen atoms in total. The van der Waals surface area contributed by atoms with Gasteiger partial charge < -0.3 is 5.73 Å². The van der Waals surface area contributed by atoms with Crippen molar-refractivity contribution in [3.8, 4) is 0 Å². The van der Waals surface area contributed by atoms with E-state index >= 15 is 0 Å². The molecule has 0 spiro atoms. The molecular weight excluding hydrogens is 162 g/mol. The van der Waals surface area contributed by atoms with Gasteiger partial charge in [0.1, 0.15) is 5.82 Å². The summed E-state index contributed by atoms with van der Waals surface area (Å²) in [6, 6.07) is 2.34. The van der Waals surface area contributed by atoms with Crippen molar-refractivity contribution in [3.05, 3.63) is 12.3 Å². The summed E-state index contributed by atoms with van der Waals surface area (Å²) in [5, 5.41) is 4.25. The maximum atomic E-state index is 5.81. The Balaban J connectivity index is 2.12. The minimum Gasteiger partial charge on any atom is -0.384 e. The lowest BCUT2D eigenvalue weighted by molar-refractivity contribution is 0.339. The average Bonchev–Trinajstić information content (AvgIpc) is 2.72. The fraction of sp³-hybridized carbons (Fsp3) is 0.700. The van der Waals surface area contributed by atoms with Gasteiger partial charge in [-0.15, -0.1) is 0 Å². The van der Waals surface area contributed by atoms with Crippen molar-refractivity contribution >= 4 is 5.82 Å². The molecule has 1 atom stereocenters. The highest BCUT2D eigenvalue weighted by atomic mass is 15.3. The molecule has 1 unspecified atom stereocenters. The lowest BCUT2D eigenvalue weighted by atomic mass is 10.0. The third kappa shape index (κ3) is 1.55. The van der Waals surface area contributed by atoms with E-state index in [0.29, 0.717) is 6.04 Å². The molecular formula is C10H17N3. The summed E-state index contributed by atoms with van der Waals surface area (Å²) in [6.45, 7) is 2.22. The topological polar surface area (TPSA) is 43.8 Å². The van der Waals surface area contributed by atoms with Gasteiger partial charge in [-0.25, -0.2) is 4.68 Å². The number of hydrogen-bond donors (Lipinski definition) is 1. The van der Waals surface area contributed by atoms with Gasteiger partial charge in [0.25, 0.3) is 0 Å². The summed E-state index contributed by atoms with van der Waals surface area (Å²) in [5.41, 5.74) is 5.81. The Kier molecular flexibility index (Phi) is 2.25. The summed E-state index contributed by atoms with van der Waals surface area (Å²) in [6.07, 6.45) is 7.19. The largest absolute Gasteiger partial charge is 0.384 e. The van der Waals surface area contributed by atoms with Crippen molar-refractivity contribution in [2.75, 3.05) is 5.73 Å². The van der Waals surface area contributed by atoms with Gasteiger partial charge in [0.05, 0.1) is 12.2 Å². The molecule has 13 heavy (non-hydrogen) atoms. The van der Waals surface area contributed by atoms with Gasteiger partial charge in [0.2, 0.25) is 0 Å². The monoisotopic (exact) mass is 179 g/mol. The van der Waals surface area contributed by atoms with E-state index < -0.39 is 0 Å². The van der Waals surface area contributed by atoms with Crippen LogP contribution in [-0.2, 0) is 0 Å². The predicted molar refractivity (Wildman–Crippen MR) is 53.3 cm³/mol. The molecule has 0 aliphatic heterocycles. The average molecular weight is 179 g/mol. The number of rotatable bonds is 2. The van der Waals surface area contributed by atoms with Crippen molar-refractivity contribution in [1.29, 1.82) is 0 Å². The van der Waals surface area contributed by atoms with E-state index in [1.54, 1.807) is 6.20 Å². The molecule has 1 heterocycles. The Morgan fingerprint density at radius 3 is 2.77 bits per heavy atom. The SMILES string of the molecule is CC(C1CCCC1)n1nccc1N. The molecule has 72 valence electrons. The summed E-state index contributed by atoms with van der Waals surface area (Å²) < 4.78 is 1.95. The van der Waals surface area contributed by atoms with Gasteiger partial charge in [-0.1, -0.05) is 12.8 Å². The van der Waals surface area contributed by atoms with Crippen molar-refractivity contribution in [2.24, 2.45) is 5.92 Å². The van der Waals surface area contributed by atoms with Crippen molar-refractivity contribution in [2.45, 2.75) is 38.6 Å². The Labute approximate surface area is 78.9 Å². The Hall–Kier alpha value is -0.990. The van der Waals surface area contributed by atoms with Gasteiger partial charge >= 0.3 is 0 Å². The third-order valence-corrected chi connectivity index (χ3v) is 3.17. The van der Waals surface area contributed by atoms with Crippen LogP contribution in [0, 0.1) is 5.92 Å². The van der Waals surface area contributed by atoms with Gasteiger partial charge in [-0.2, -0.15) is 5.10 Å². The number of anilines is 1. The molecule has 1 aliphatic carbocycles. The molecule has 0 amide bonds. The molecule has 1 saturated carbocycles. The first-order valence-electron chi connectivity index (χ1n) is 5.08. The maximum Gasteiger partial charge on any atom is 0.121 e. The normalized spacial score (nSPS) is 20.7. The molecule has 0 bridgehead atoms. The number of aromatic nitrogens is 2. The summed E-state index contributed by atoms with van der Waals surface area (Å²) >= 11 is 0. The van der Waals surface area contributed by atoms with Gasteiger partial charge in [0.15, 0.2) is 0 Å². The number of nitrogens with zero attached hydrogens (tertiary/aromatic N) is 2. The standard InChI is InChI=1S/C10H17N3/c1-8(9-4-2-3-5-9)13-10(11)6-7-12-13/h6-9H,2-5,11H2,1H3. The van der Waals surface area contributed by atoms with Crippen molar-refractivity contribution in [3.63, 3.8) is 0 Å². The van der Waals surface area contributed by atoms with Gasteiger partial charge in [0, 0.05) is 0 Å². The van der Waals surface area contributed by atoms with Crippen molar-refractivity contribution < 1.29 is 0 Å². The number of hydrogen-bond acceptors (Lipinski definition) is 2. The van der Waals surface area contributed by atoms with Crippen LogP contribution in [0.3, 0.4) is 0 Å². The van der Waals surface area contributed by atoms with Gasteiger partial charge in [-0.05, 0) is 31.7 Å². The van der Waals surface area contributed by atoms with Crippen LogP contribution in [-0.4, -0.2) is 9.78 Å². The van der Waals surface area contributed by atoms with Crippen LogP contribution in [0.4, 0.5) is 5.82 Å². The molecule has 1 fully saturated rings. The minimum atomic E-state index is 0.470. The van der Waals surface area contributed by atoms with E-state index in [-0.39, 0.29) is 0 Å². The molecule has 1 aromatic rings. The zero-order valence-electron chi connectivity index (χ0n) is 8.11. The number of nitrogens with two attached hydrogens (primary N) is 1. The fourth-order valence-electron chi connectivity index (χ4n) is 2.30. The van der Waals surface area contributed by atoms with Crippen LogP contribution < -0.4 is 5.73 Å². The minimum absolute atomic E-state index is 0.470. The second-order valence-corrected chi connectivity index (χ2v) is 3.99. The zero-order valence-corrected chi connectivity index (χ0v) is 8.11. The van der Waals surface area contributed by atoms with Gasteiger partial charge in [-0.3, -0.25) is 0 Å².